The van der Waals surface area contributed by atoms with Gasteiger partial charge in [-0.1, -0.05) is 41.4 Å². The molecule has 6 nitrogen and oxygen atoms in total. The molecular formula is C24H25ClN2O4S. The quantitative estimate of drug-likeness (QED) is 0.486. The first-order chi connectivity index (χ1) is 15.2. The van der Waals surface area contributed by atoms with Crippen LogP contribution in [0.25, 0.3) is 0 Å². The zero-order valence-electron chi connectivity index (χ0n) is 18.1. The molecule has 168 valence electrons. The number of amides is 1. The van der Waals surface area contributed by atoms with Crippen molar-refractivity contribution in [2.45, 2.75) is 18.7 Å². The number of benzene rings is 3. The normalized spacial score (nSPS) is 11.1. The Morgan fingerprint density at radius 2 is 1.75 bits per heavy atom. The summed E-state index contributed by atoms with van der Waals surface area (Å²) in [6.07, 6.45) is 0. The summed E-state index contributed by atoms with van der Waals surface area (Å²) in [6.45, 7) is 4.35. The Labute approximate surface area is 193 Å². The molecule has 3 rings (SSSR count). The highest BCUT2D eigenvalue weighted by Crippen LogP contribution is 2.24. The first kappa shape index (κ1) is 23.6. The molecule has 3 aromatic carbocycles. The molecule has 0 aromatic heterocycles. The van der Waals surface area contributed by atoms with Crippen LogP contribution in [-0.2, 0) is 10.0 Å². The summed E-state index contributed by atoms with van der Waals surface area (Å²) in [4.78, 5) is 12.7. The highest BCUT2D eigenvalue weighted by atomic mass is 35.5. The van der Waals surface area contributed by atoms with E-state index in [-0.39, 0.29) is 24.0 Å². The summed E-state index contributed by atoms with van der Waals surface area (Å²) in [6, 6.07) is 18.5. The highest BCUT2D eigenvalue weighted by Gasteiger charge is 2.21. The average Bonchev–Trinajstić information content (AvgIpc) is 2.78. The van der Waals surface area contributed by atoms with Crippen LogP contribution in [0.15, 0.2) is 71.6 Å². The van der Waals surface area contributed by atoms with Crippen LogP contribution < -0.4 is 14.4 Å². The van der Waals surface area contributed by atoms with E-state index in [0.29, 0.717) is 22.0 Å². The van der Waals surface area contributed by atoms with Gasteiger partial charge in [0.2, 0.25) is 0 Å². The zero-order valence-corrected chi connectivity index (χ0v) is 19.7. The summed E-state index contributed by atoms with van der Waals surface area (Å²) in [5, 5.41) is 3.39. The maximum atomic E-state index is 12.9. The first-order valence-electron chi connectivity index (χ1n) is 10.0. The van der Waals surface area contributed by atoms with Gasteiger partial charge in [-0.3, -0.25) is 9.10 Å². The minimum absolute atomic E-state index is 0.189. The summed E-state index contributed by atoms with van der Waals surface area (Å²) >= 11 is 6.08. The molecule has 1 amide bonds. The van der Waals surface area contributed by atoms with E-state index in [0.717, 1.165) is 11.1 Å². The highest BCUT2D eigenvalue weighted by molar-refractivity contribution is 7.92. The molecule has 0 aliphatic carbocycles. The number of aryl methyl sites for hydroxylation is 2. The lowest BCUT2D eigenvalue weighted by Gasteiger charge is -2.20. The van der Waals surface area contributed by atoms with Gasteiger partial charge in [0.1, 0.15) is 12.4 Å². The van der Waals surface area contributed by atoms with Gasteiger partial charge in [-0.05, 0) is 61.9 Å². The number of carbonyl (C=O) groups is 1. The van der Waals surface area contributed by atoms with Crippen molar-refractivity contribution in [1.29, 1.82) is 0 Å². The SMILES string of the molecule is Cc1ccc(S(=O)(=O)N(C)c2cccc(C(=O)NCCOc3ccc(C)c(Cl)c3)c2)cc1. The van der Waals surface area contributed by atoms with Gasteiger partial charge in [-0.15, -0.1) is 0 Å². The molecule has 0 atom stereocenters. The molecule has 0 aliphatic rings. The van der Waals surface area contributed by atoms with E-state index in [4.69, 9.17) is 16.3 Å². The van der Waals surface area contributed by atoms with E-state index >= 15 is 0 Å². The molecule has 0 heterocycles. The number of nitrogens with zero attached hydrogens (tertiary/aromatic N) is 1. The lowest BCUT2D eigenvalue weighted by molar-refractivity contribution is 0.0947. The smallest absolute Gasteiger partial charge is 0.264 e. The minimum atomic E-state index is -3.74. The van der Waals surface area contributed by atoms with Gasteiger partial charge in [-0.25, -0.2) is 8.42 Å². The van der Waals surface area contributed by atoms with Crippen LogP contribution >= 0.6 is 11.6 Å². The Balaban J connectivity index is 1.62. The van der Waals surface area contributed by atoms with Crippen molar-refractivity contribution in [2.75, 3.05) is 24.5 Å². The van der Waals surface area contributed by atoms with Gasteiger partial charge < -0.3 is 10.1 Å². The first-order valence-corrected chi connectivity index (χ1v) is 11.8. The lowest BCUT2D eigenvalue weighted by atomic mass is 10.2. The summed E-state index contributed by atoms with van der Waals surface area (Å²) < 4.78 is 32.6. The van der Waals surface area contributed by atoms with E-state index < -0.39 is 10.0 Å². The van der Waals surface area contributed by atoms with Crippen LogP contribution in [0, 0.1) is 13.8 Å². The second-order valence-corrected chi connectivity index (χ2v) is 9.73. The maximum absolute atomic E-state index is 12.9. The fraction of sp³-hybridized carbons (Fsp3) is 0.208. The van der Waals surface area contributed by atoms with Gasteiger partial charge in [-0.2, -0.15) is 0 Å². The zero-order chi connectivity index (χ0) is 23.3. The molecule has 0 fully saturated rings. The predicted octanol–water partition coefficient (Wildman–Crippen LogP) is 4.59. The molecule has 0 saturated heterocycles. The number of hydrogen-bond acceptors (Lipinski definition) is 4. The number of anilines is 1. The molecule has 0 saturated carbocycles. The van der Waals surface area contributed by atoms with Crippen LogP contribution in [0.2, 0.25) is 5.02 Å². The van der Waals surface area contributed by atoms with Crippen LogP contribution in [0.4, 0.5) is 5.69 Å². The van der Waals surface area contributed by atoms with E-state index in [2.05, 4.69) is 5.32 Å². The van der Waals surface area contributed by atoms with Gasteiger partial charge in [0.25, 0.3) is 15.9 Å². The molecule has 0 radical (unpaired) electrons. The lowest BCUT2D eigenvalue weighted by Crippen LogP contribution is -2.29. The molecule has 0 spiro atoms. The van der Waals surface area contributed by atoms with Crippen molar-refractivity contribution in [3.63, 3.8) is 0 Å². The summed E-state index contributed by atoms with van der Waals surface area (Å²) in [5.41, 5.74) is 2.68. The third-order valence-corrected chi connectivity index (χ3v) is 7.16. The fourth-order valence-electron chi connectivity index (χ4n) is 2.95. The second kappa shape index (κ2) is 10.1. The van der Waals surface area contributed by atoms with Crippen molar-refractivity contribution in [2.24, 2.45) is 0 Å². The van der Waals surface area contributed by atoms with Crippen LogP contribution in [-0.4, -0.2) is 34.5 Å². The third kappa shape index (κ3) is 5.60. The summed E-state index contributed by atoms with van der Waals surface area (Å²) in [5.74, 6) is 0.304. The topological polar surface area (TPSA) is 75.7 Å². The van der Waals surface area contributed by atoms with Gasteiger partial charge >= 0.3 is 0 Å². The van der Waals surface area contributed by atoms with Crippen molar-refractivity contribution in [1.82, 2.24) is 5.32 Å². The Morgan fingerprint density at radius 1 is 1.03 bits per heavy atom. The molecule has 8 heteroatoms. The van der Waals surface area contributed by atoms with Crippen LogP contribution in [0.5, 0.6) is 5.75 Å². The minimum Gasteiger partial charge on any atom is -0.492 e. The predicted molar refractivity (Wildman–Crippen MR) is 127 cm³/mol. The Kier molecular flexibility index (Phi) is 7.43. The second-order valence-electron chi connectivity index (χ2n) is 7.35. The number of halogens is 1. The Bertz CT molecular complexity index is 1210. The van der Waals surface area contributed by atoms with Crippen molar-refractivity contribution >= 4 is 33.2 Å². The third-order valence-electron chi connectivity index (χ3n) is 4.95. The number of rotatable bonds is 8. The molecule has 0 unspecified atom stereocenters. The largest absolute Gasteiger partial charge is 0.492 e. The van der Waals surface area contributed by atoms with Crippen LogP contribution in [0.1, 0.15) is 21.5 Å². The Morgan fingerprint density at radius 3 is 2.44 bits per heavy atom. The van der Waals surface area contributed by atoms with E-state index in [1.54, 1.807) is 54.6 Å². The Hall–Kier alpha value is -3.03. The molecule has 3 aromatic rings. The van der Waals surface area contributed by atoms with Gasteiger partial charge in [0.05, 0.1) is 17.1 Å². The average molecular weight is 473 g/mol. The van der Waals surface area contributed by atoms with E-state index in [1.165, 1.54) is 11.4 Å². The molecule has 32 heavy (non-hydrogen) atoms. The van der Waals surface area contributed by atoms with Crippen molar-refractivity contribution in [3.05, 3.63) is 88.4 Å². The van der Waals surface area contributed by atoms with Gasteiger partial charge in [0.15, 0.2) is 0 Å². The van der Waals surface area contributed by atoms with E-state index in [1.807, 2.05) is 26.0 Å². The fourth-order valence-corrected chi connectivity index (χ4v) is 4.31. The molecule has 1 N–H and O–H groups in total. The monoisotopic (exact) mass is 472 g/mol. The number of nitrogens with one attached hydrogen (secondary N) is 1. The number of sulfonamides is 1. The molecule has 0 bridgehead atoms. The van der Waals surface area contributed by atoms with E-state index in [9.17, 15) is 13.2 Å². The van der Waals surface area contributed by atoms with Crippen molar-refractivity contribution < 1.29 is 17.9 Å². The number of carbonyl (C=O) groups excluding carboxylic acids is 1. The molecular weight excluding hydrogens is 448 g/mol. The number of hydrogen-bond donors (Lipinski definition) is 1. The van der Waals surface area contributed by atoms with Gasteiger partial charge in [0, 0.05) is 17.6 Å². The summed E-state index contributed by atoms with van der Waals surface area (Å²) in [7, 11) is -2.27. The standard InChI is InChI=1S/C24H25ClN2O4S/c1-17-7-11-22(12-8-17)32(29,30)27(3)20-6-4-5-19(15-20)24(28)26-13-14-31-21-10-9-18(2)23(25)16-21/h4-12,15-16H,13-14H2,1-3H3,(H,26,28). The van der Waals surface area contributed by atoms with Crippen LogP contribution in [0.3, 0.4) is 0 Å². The maximum Gasteiger partial charge on any atom is 0.264 e. The van der Waals surface area contributed by atoms with Crippen molar-refractivity contribution in [3.8, 4) is 5.75 Å². The molecule has 0 aliphatic heterocycles. The number of ether oxygens (including phenoxy) is 1.